The molecule has 0 radical (unpaired) electrons. The molecule has 0 aliphatic carbocycles. The number of benzene rings is 1. The third-order valence-electron chi connectivity index (χ3n) is 2.87. The smallest absolute Gasteiger partial charge is 0.167 e. The third kappa shape index (κ3) is 2.70. The highest BCUT2D eigenvalue weighted by atomic mass is 16.1. The Morgan fingerprint density at radius 2 is 2.06 bits per heavy atom. The van der Waals surface area contributed by atoms with Crippen molar-refractivity contribution in [3.63, 3.8) is 0 Å². The Balaban J connectivity index is 2.99. The van der Waals surface area contributed by atoms with Gasteiger partial charge in [-0.05, 0) is 18.4 Å². The monoisotopic (exact) mass is 215 g/mol. The molecule has 0 aromatic heterocycles. The van der Waals surface area contributed by atoms with E-state index < -0.39 is 0 Å². The quantitative estimate of drug-likeness (QED) is 0.706. The second-order valence-electron chi connectivity index (χ2n) is 3.84. The van der Waals surface area contributed by atoms with Gasteiger partial charge in [0.2, 0.25) is 0 Å². The fraction of sp³-hybridized carbons (Fsp3) is 0.429. The minimum Gasteiger partial charge on any atom is -0.294 e. The molecule has 1 aromatic carbocycles. The highest BCUT2D eigenvalue weighted by Gasteiger charge is 2.19. The number of rotatable bonds is 5. The summed E-state index contributed by atoms with van der Waals surface area (Å²) in [5.41, 5.74) is 1.86. The molecule has 1 aromatic rings. The average Bonchev–Trinajstić information content (AvgIpc) is 2.35. The lowest BCUT2D eigenvalue weighted by Gasteiger charge is -2.12. The topological polar surface area (TPSA) is 40.9 Å². The van der Waals surface area contributed by atoms with E-state index in [-0.39, 0.29) is 11.7 Å². The van der Waals surface area contributed by atoms with E-state index in [1.165, 1.54) is 0 Å². The Labute approximate surface area is 96.9 Å². The zero-order valence-corrected chi connectivity index (χ0v) is 9.86. The molecule has 0 saturated carbocycles. The maximum absolute atomic E-state index is 12.2. The van der Waals surface area contributed by atoms with Gasteiger partial charge in [0.25, 0.3) is 0 Å². The van der Waals surface area contributed by atoms with Crippen LogP contribution in [0.15, 0.2) is 24.3 Å². The van der Waals surface area contributed by atoms with Gasteiger partial charge in [-0.15, -0.1) is 0 Å². The molecule has 1 unspecified atom stereocenters. The molecule has 0 amide bonds. The number of carbonyl (C=O) groups excluding carboxylic acids is 1. The Morgan fingerprint density at radius 1 is 1.38 bits per heavy atom. The van der Waals surface area contributed by atoms with Gasteiger partial charge in [0, 0.05) is 17.9 Å². The number of carbonyl (C=O) groups is 1. The molecule has 0 bridgehead atoms. The summed E-state index contributed by atoms with van der Waals surface area (Å²) in [6.45, 7) is 3.99. The molecule has 84 valence electrons. The van der Waals surface area contributed by atoms with Gasteiger partial charge in [0.05, 0.1) is 6.07 Å². The molecule has 0 aliphatic heterocycles. The van der Waals surface area contributed by atoms with E-state index in [2.05, 4.69) is 6.07 Å². The van der Waals surface area contributed by atoms with Gasteiger partial charge >= 0.3 is 0 Å². The third-order valence-corrected chi connectivity index (χ3v) is 2.87. The molecule has 0 aliphatic rings. The summed E-state index contributed by atoms with van der Waals surface area (Å²) < 4.78 is 0. The molecule has 0 N–H and O–H groups in total. The van der Waals surface area contributed by atoms with Crippen LogP contribution in [-0.4, -0.2) is 5.78 Å². The molecular weight excluding hydrogens is 198 g/mol. The second kappa shape index (κ2) is 6.07. The maximum atomic E-state index is 12.2. The van der Waals surface area contributed by atoms with Crippen LogP contribution in [0.2, 0.25) is 0 Å². The Hall–Kier alpha value is -1.62. The molecule has 2 heteroatoms. The largest absolute Gasteiger partial charge is 0.294 e. The molecule has 0 spiro atoms. The molecular formula is C14H17NO. The van der Waals surface area contributed by atoms with E-state index in [1.54, 1.807) is 0 Å². The number of nitriles is 1. The number of hydrogen-bond acceptors (Lipinski definition) is 2. The van der Waals surface area contributed by atoms with Crippen molar-refractivity contribution >= 4 is 5.78 Å². The molecule has 0 saturated heterocycles. The van der Waals surface area contributed by atoms with Gasteiger partial charge in [-0.1, -0.05) is 38.1 Å². The minimum absolute atomic E-state index is 0.113. The van der Waals surface area contributed by atoms with E-state index in [0.29, 0.717) is 6.42 Å². The summed E-state index contributed by atoms with van der Waals surface area (Å²) in [7, 11) is 0. The van der Waals surface area contributed by atoms with Crippen molar-refractivity contribution in [2.75, 3.05) is 0 Å². The molecule has 1 rings (SSSR count). The van der Waals surface area contributed by atoms with Crippen molar-refractivity contribution in [3.05, 3.63) is 35.4 Å². The first-order valence-corrected chi connectivity index (χ1v) is 5.73. The van der Waals surface area contributed by atoms with Gasteiger partial charge in [-0.2, -0.15) is 5.26 Å². The molecule has 2 nitrogen and oxygen atoms in total. The van der Waals surface area contributed by atoms with Crippen molar-refractivity contribution in [2.24, 2.45) is 5.92 Å². The van der Waals surface area contributed by atoms with Crippen LogP contribution in [0.1, 0.15) is 42.6 Å². The summed E-state index contributed by atoms with van der Waals surface area (Å²) >= 11 is 0. The molecule has 1 atom stereocenters. The molecule has 16 heavy (non-hydrogen) atoms. The number of aryl methyl sites for hydroxylation is 1. The maximum Gasteiger partial charge on any atom is 0.167 e. The second-order valence-corrected chi connectivity index (χ2v) is 3.84. The fourth-order valence-electron chi connectivity index (χ4n) is 1.82. The summed E-state index contributed by atoms with van der Waals surface area (Å²) in [4.78, 5) is 12.2. The highest BCUT2D eigenvalue weighted by molar-refractivity contribution is 5.99. The lowest BCUT2D eigenvalue weighted by molar-refractivity contribution is 0.0918. The lowest BCUT2D eigenvalue weighted by Crippen LogP contribution is -2.15. The summed E-state index contributed by atoms with van der Waals surface area (Å²) in [5.74, 6) is -0.0424. The van der Waals surface area contributed by atoms with Crippen LogP contribution in [-0.2, 0) is 6.42 Å². The van der Waals surface area contributed by atoms with Crippen molar-refractivity contribution in [1.82, 2.24) is 0 Å². The standard InChI is InChI=1S/C14H17NO/c1-3-11-7-5-6-8-13(11)14(16)12(4-2)9-10-15/h5-8,12H,3-4,9H2,1-2H3. The van der Waals surface area contributed by atoms with Gasteiger partial charge < -0.3 is 0 Å². The van der Waals surface area contributed by atoms with Crippen LogP contribution in [0.3, 0.4) is 0 Å². The van der Waals surface area contributed by atoms with Crippen LogP contribution >= 0.6 is 0 Å². The number of ketones is 1. The van der Waals surface area contributed by atoms with Crippen LogP contribution in [0.5, 0.6) is 0 Å². The van der Waals surface area contributed by atoms with Gasteiger partial charge in [-0.3, -0.25) is 4.79 Å². The normalized spacial score (nSPS) is 11.8. The van der Waals surface area contributed by atoms with E-state index in [9.17, 15) is 4.79 Å². The number of hydrogen-bond donors (Lipinski definition) is 0. The zero-order valence-electron chi connectivity index (χ0n) is 9.86. The van der Waals surface area contributed by atoms with Crippen LogP contribution in [0.4, 0.5) is 0 Å². The summed E-state index contributed by atoms with van der Waals surface area (Å²) in [6, 6.07) is 9.75. The van der Waals surface area contributed by atoms with Gasteiger partial charge in [-0.25, -0.2) is 0 Å². The number of nitrogens with zero attached hydrogens (tertiary/aromatic N) is 1. The fourth-order valence-corrected chi connectivity index (χ4v) is 1.82. The zero-order chi connectivity index (χ0) is 12.0. The van der Waals surface area contributed by atoms with Crippen molar-refractivity contribution in [3.8, 4) is 6.07 Å². The van der Waals surface area contributed by atoms with Crippen molar-refractivity contribution in [2.45, 2.75) is 33.1 Å². The molecule has 0 fully saturated rings. The Kier molecular flexibility index (Phi) is 4.72. The van der Waals surface area contributed by atoms with Gasteiger partial charge in [0.15, 0.2) is 5.78 Å². The highest BCUT2D eigenvalue weighted by Crippen LogP contribution is 2.19. The molecule has 0 heterocycles. The summed E-state index contributed by atoms with van der Waals surface area (Å²) in [6.07, 6.45) is 1.89. The Morgan fingerprint density at radius 3 is 2.62 bits per heavy atom. The van der Waals surface area contributed by atoms with Gasteiger partial charge in [0.1, 0.15) is 0 Å². The first-order valence-electron chi connectivity index (χ1n) is 5.73. The van der Waals surface area contributed by atoms with Crippen LogP contribution in [0, 0.1) is 17.2 Å². The summed E-state index contributed by atoms with van der Waals surface area (Å²) in [5, 5.41) is 8.69. The predicted molar refractivity (Wildman–Crippen MR) is 64.2 cm³/mol. The predicted octanol–water partition coefficient (Wildman–Crippen LogP) is 3.37. The Bertz CT molecular complexity index is 403. The van der Waals surface area contributed by atoms with Crippen LogP contribution < -0.4 is 0 Å². The number of Topliss-reactive ketones (excluding diaryl/α,β-unsaturated/α-hetero) is 1. The minimum atomic E-state index is -0.155. The van der Waals surface area contributed by atoms with Crippen LogP contribution in [0.25, 0.3) is 0 Å². The van der Waals surface area contributed by atoms with Crippen molar-refractivity contribution in [1.29, 1.82) is 5.26 Å². The van der Waals surface area contributed by atoms with E-state index >= 15 is 0 Å². The van der Waals surface area contributed by atoms with E-state index in [4.69, 9.17) is 5.26 Å². The average molecular weight is 215 g/mol. The lowest BCUT2D eigenvalue weighted by atomic mass is 9.90. The van der Waals surface area contributed by atoms with Crippen molar-refractivity contribution < 1.29 is 4.79 Å². The SMILES string of the molecule is CCc1ccccc1C(=O)C(CC)CC#N. The van der Waals surface area contributed by atoms with E-state index in [1.807, 2.05) is 38.1 Å². The van der Waals surface area contributed by atoms with E-state index in [0.717, 1.165) is 24.0 Å². The first-order chi connectivity index (χ1) is 7.74. The first kappa shape index (κ1) is 12.4.